The molecular formula is C11H23NO2. The van der Waals surface area contributed by atoms with E-state index in [9.17, 15) is 0 Å². The molecule has 1 fully saturated rings. The summed E-state index contributed by atoms with van der Waals surface area (Å²) in [6, 6.07) is 0.666. The summed E-state index contributed by atoms with van der Waals surface area (Å²) in [5.41, 5.74) is 0. The molecule has 1 saturated heterocycles. The summed E-state index contributed by atoms with van der Waals surface area (Å²) in [5.74, 6) is 0.569. The van der Waals surface area contributed by atoms with E-state index in [-0.39, 0.29) is 6.29 Å². The van der Waals surface area contributed by atoms with Gasteiger partial charge < -0.3 is 14.4 Å². The minimum atomic E-state index is -0.00990. The Labute approximate surface area is 87.4 Å². The molecule has 0 atom stereocenters. The number of nitrogens with zero attached hydrogens (tertiary/aromatic N) is 1. The Hall–Kier alpha value is -0.120. The van der Waals surface area contributed by atoms with Gasteiger partial charge in [-0.2, -0.15) is 0 Å². The largest absolute Gasteiger partial charge is 0.356 e. The zero-order valence-electron chi connectivity index (χ0n) is 9.82. The molecule has 0 spiro atoms. The van der Waals surface area contributed by atoms with Crippen LogP contribution in [0.5, 0.6) is 0 Å². The standard InChI is InChI=1S/C11H23NO2/c1-9(2)12-7-5-10(6-8-12)11(13-3)14-4/h9-11H,5-8H2,1-4H3. The smallest absolute Gasteiger partial charge is 0.159 e. The molecule has 0 bridgehead atoms. The van der Waals surface area contributed by atoms with Crippen molar-refractivity contribution in [1.82, 2.24) is 4.90 Å². The first-order valence-electron chi connectivity index (χ1n) is 5.48. The van der Waals surface area contributed by atoms with Gasteiger partial charge in [0.05, 0.1) is 0 Å². The van der Waals surface area contributed by atoms with Crippen LogP contribution < -0.4 is 0 Å². The molecule has 1 aliphatic rings. The van der Waals surface area contributed by atoms with E-state index in [4.69, 9.17) is 9.47 Å². The third-order valence-corrected chi connectivity index (χ3v) is 3.15. The highest BCUT2D eigenvalue weighted by molar-refractivity contribution is 4.76. The van der Waals surface area contributed by atoms with Crippen molar-refractivity contribution in [2.24, 2.45) is 5.92 Å². The van der Waals surface area contributed by atoms with Gasteiger partial charge in [-0.25, -0.2) is 0 Å². The van der Waals surface area contributed by atoms with E-state index in [1.54, 1.807) is 14.2 Å². The van der Waals surface area contributed by atoms with Crippen LogP contribution in [0.25, 0.3) is 0 Å². The molecule has 14 heavy (non-hydrogen) atoms. The van der Waals surface area contributed by atoms with Gasteiger partial charge in [0.25, 0.3) is 0 Å². The molecule has 1 aliphatic heterocycles. The maximum absolute atomic E-state index is 5.29. The van der Waals surface area contributed by atoms with E-state index >= 15 is 0 Å². The van der Waals surface area contributed by atoms with Gasteiger partial charge in [0.1, 0.15) is 0 Å². The van der Waals surface area contributed by atoms with Crippen molar-refractivity contribution in [1.29, 1.82) is 0 Å². The lowest BCUT2D eigenvalue weighted by Gasteiger charge is -2.36. The first-order chi connectivity index (χ1) is 6.69. The summed E-state index contributed by atoms with van der Waals surface area (Å²) in [5, 5.41) is 0. The van der Waals surface area contributed by atoms with E-state index in [0.29, 0.717) is 12.0 Å². The van der Waals surface area contributed by atoms with Crippen molar-refractivity contribution in [2.45, 2.75) is 39.0 Å². The van der Waals surface area contributed by atoms with Gasteiger partial charge >= 0.3 is 0 Å². The van der Waals surface area contributed by atoms with E-state index in [0.717, 1.165) is 0 Å². The predicted octanol–water partition coefficient (Wildman–Crippen LogP) is 1.73. The highest BCUT2D eigenvalue weighted by Gasteiger charge is 2.27. The molecule has 3 nitrogen and oxygen atoms in total. The van der Waals surface area contributed by atoms with Crippen LogP contribution in [0.2, 0.25) is 0 Å². The van der Waals surface area contributed by atoms with Gasteiger partial charge in [0, 0.05) is 26.2 Å². The normalized spacial score (nSPS) is 21.0. The molecule has 0 aromatic heterocycles. The fraction of sp³-hybridized carbons (Fsp3) is 1.00. The quantitative estimate of drug-likeness (QED) is 0.647. The summed E-state index contributed by atoms with van der Waals surface area (Å²) in [4.78, 5) is 2.51. The van der Waals surface area contributed by atoms with Crippen LogP contribution in [-0.2, 0) is 9.47 Å². The fourth-order valence-corrected chi connectivity index (χ4v) is 2.19. The Bertz CT molecular complexity index is 149. The number of likely N-dealkylation sites (tertiary alicyclic amines) is 1. The SMILES string of the molecule is COC(OC)C1CCN(C(C)C)CC1. The molecule has 0 aromatic rings. The Morgan fingerprint density at radius 3 is 1.93 bits per heavy atom. The number of rotatable bonds is 4. The highest BCUT2D eigenvalue weighted by Crippen LogP contribution is 2.23. The van der Waals surface area contributed by atoms with Gasteiger partial charge in [0.2, 0.25) is 0 Å². The molecule has 0 saturated carbocycles. The average molecular weight is 201 g/mol. The first-order valence-corrected chi connectivity index (χ1v) is 5.48. The molecule has 3 heteroatoms. The maximum atomic E-state index is 5.29. The second kappa shape index (κ2) is 5.69. The number of hydrogen-bond donors (Lipinski definition) is 0. The minimum absolute atomic E-state index is 0.00990. The van der Waals surface area contributed by atoms with E-state index in [1.807, 2.05) is 0 Å². The Balaban J connectivity index is 2.34. The molecule has 0 N–H and O–H groups in total. The van der Waals surface area contributed by atoms with E-state index < -0.39 is 0 Å². The van der Waals surface area contributed by atoms with Crippen molar-refractivity contribution in [3.63, 3.8) is 0 Å². The van der Waals surface area contributed by atoms with Crippen molar-refractivity contribution >= 4 is 0 Å². The van der Waals surface area contributed by atoms with Gasteiger partial charge in [-0.1, -0.05) is 0 Å². The molecule has 0 amide bonds. The van der Waals surface area contributed by atoms with Crippen LogP contribution in [0.4, 0.5) is 0 Å². The summed E-state index contributed by atoms with van der Waals surface area (Å²) in [7, 11) is 3.45. The van der Waals surface area contributed by atoms with Gasteiger partial charge in [-0.3, -0.25) is 0 Å². The van der Waals surface area contributed by atoms with E-state index in [2.05, 4.69) is 18.7 Å². The highest BCUT2D eigenvalue weighted by atomic mass is 16.7. The van der Waals surface area contributed by atoms with Crippen LogP contribution in [-0.4, -0.2) is 44.5 Å². The third-order valence-electron chi connectivity index (χ3n) is 3.15. The number of methoxy groups -OCH3 is 2. The van der Waals surface area contributed by atoms with Crippen molar-refractivity contribution in [3.8, 4) is 0 Å². The summed E-state index contributed by atoms with van der Waals surface area (Å²) in [6.07, 6.45) is 2.36. The van der Waals surface area contributed by atoms with Crippen LogP contribution in [0, 0.1) is 5.92 Å². The van der Waals surface area contributed by atoms with Crippen LogP contribution >= 0.6 is 0 Å². The molecule has 0 unspecified atom stereocenters. The monoisotopic (exact) mass is 201 g/mol. The van der Waals surface area contributed by atoms with Crippen molar-refractivity contribution < 1.29 is 9.47 Å². The second-order valence-corrected chi connectivity index (χ2v) is 4.31. The Kier molecular flexibility index (Phi) is 4.85. The Morgan fingerprint density at radius 2 is 1.57 bits per heavy atom. The zero-order valence-corrected chi connectivity index (χ0v) is 9.82. The van der Waals surface area contributed by atoms with Gasteiger partial charge in [-0.05, 0) is 39.8 Å². The third kappa shape index (κ3) is 2.94. The number of hydrogen-bond acceptors (Lipinski definition) is 3. The molecule has 1 rings (SSSR count). The lowest BCUT2D eigenvalue weighted by Crippen LogP contribution is -2.42. The molecule has 84 valence electrons. The molecular weight excluding hydrogens is 178 g/mol. The lowest BCUT2D eigenvalue weighted by atomic mass is 9.95. The van der Waals surface area contributed by atoms with Crippen molar-refractivity contribution in [3.05, 3.63) is 0 Å². The first kappa shape index (κ1) is 12.0. The molecule has 0 radical (unpaired) electrons. The van der Waals surface area contributed by atoms with Gasteiger partial charge in [-0.15, -0.1) is 0 Å². The van der Waals surface area contributed by atoms with E-state index in [1.165, 1.54) is 25.9 Å². The molecule has 0 aliphatic carbocycles. The topological polar surface area (TPSA) is 21.7 Å². The fourth-order valence-electron chi connectivity index (χ4n) is 2.19. The number of piperidine rings is 1. The molecule has 1 heterocycles. The van der Waals surface area contributed by atoms with Crippen LogP contribution in [0.15, 0.2) is 0 Å². The summed E-state index contributed by atoms with van der Waals surface area (Å²) in [6.45, 7) is 6.85. The van der Waals surface area contributed by atoms with Crippen LogP contribution in [0.3, 0.4) is 0 Å². The maximum Gasteiger partial charge on any atom is 0.159 e. The average Bonchev–Trinajstić information content (AvgIpc) is 2.20. The summed E-state index contributed by atoms with van der Waals surface area (Å²) < 4.78 is 10.6. The number of ether oxygens (including phenoxy) is 2. The van der Waals surface area contributed by atoms with Gasteiger partial charge in [0.15, 0.2) is 6.29 Å². The molecule has 0 aromatic carbocycles. The second-order valence-electron chi connectivity index (χ2n) is 4.31. The summed E-state index contributed by atoms with van der Waals surface area (Å²) >= 11 is 0. The minimum Gasteiger partial charge on any atom is -0.356 e. The Morgan fingerprint density at radius 1 is 1.07 bits per heavy atom. The zero-order chi connectivity index (χ0) is 10.6. The predicted molar refractivity (Wildman–Crippen MR) is 57.2 cm³/mol. The van der Waals surface area contributed by atoms with Crippen molar-refractivity contribution in [2.75, 3.05) is 27.3 Å². The van der Waals surface area contributed by atoms with Crippen LogP contribution in [0.1, 0.15) is 26.7 Å². The lowest BCUT2D eigenvalue weighted by molar-refractivity contribution is -0.147.